The molecule has 19 heavy (non-hydrogen) atoms. The maximum atomic E-state index is 15.2. The van der Waals surface area contributed by atoms with Crippen LogP contribution in [-0.2, 0) is 15.3 Å². The van der Waals surface area contributed by atoms with Gasteiger partial charge >= 0.3 is 5.97 Å². The summed E-state index contributed by atoms with van der Waals surface area (Å²) in [6.07, 6.45) is 0. The number of hydrogen-bond donors (Lipinski definition) is 0. The summed E-state index contributed by atoms with van der Waals surface area (Å²) >= 11 is 0. The highest BCUT2D eigenvalue weighted by Crippen LogP contribution is 2.36. The van der Waals surface area contributed by atoms with Crippen molar-refractivity contribution in [3.63, 3.8) is 0 Å². The summed E-state index contributed by atoms with van der Waals surface area (Å²) in [6, 6.07) is 16.9. The van der Waals surface area contributed by atoms with Crippen LogP contribution in [0.25, 0.3) is 0 Å². The Kier molecular flexibility index (Phi) is 2.63. The fourth-order valence-electron chi connectivity index (χ4n) is 2.08. The molecule has 3 rings (SSSR count). The Labute approximate surface area is 109 Å². The molecule has 2 aromatic rings. The average molecular weight is 255 g/mol. The third-order valence-corrected chi connectivity index (χ3v) is 3.05. The van der Waals surface area contributed by atoms with Gasteiger partial charge in [0.2, 0.25) is 0 Å². The molecule has 1 aliphatic heterocycles. The number of rotatable bonds is 2. The summed E-state index contributed by atoms with van der Waals surface area (Å²) in [6.45, 7) is 0. The largest absolute Gasteiger partial charge is 0.382 e. The van der Waals surface area contributed by atoms with E-state index in [4.69, 9.17) is 0 Å². The van der Waals surface area contributed by atoms with Gasteiger partial charge in [0.15, 0.2) is 0 Å². The van der Waals surface area contributed by atoms with Gasteiger partial charge < -0.3 is 4.84 Å². The summed E-state index contributed by atoms with van der Waals surface area (Å²) < 4.78 is 15.2. The number of carbonyl (C=O) groups excluding carboxylic acids is 1. The van der Waals surface area contributed by atoms with Crippen molar-refractivity contribution < 1.29 is 14.0 Å². The summed E-state index contributed by atoms with van der Waals surface area (Å²) in [5, 5.41) is 3.61. The lowest BCUT2D eigenvalue weighted by Crippen LogP contribution is -2.35. The highest BCUT2D eigenvalue weighted by Gasteiger charge is 2.53. The van der Waals surface area contributed by atoms with Gasteiger partial charge in [-0.15, -0.1) is 0 Å². The minimum absolute atomic E-state index is 0.00991. The van der Waals surface area contributed by atoms with Crippen LogP contribution in [0.5, 0.6) is 0 Å². The second-order valence-electron chi connectivity index (χ2n) is 4.21. The Morgan fingerprint density at radius 1 is 0.947 bits per heavy atom. The van der Waals surface area contributed by atoms with Gasteiger partial charge in [0.05, 0.1) is 0 Å². The molecule has 0 amide bonds. The molecule has 0 saturated heterocycles. The lowest BCUT2D eigenvalue weighted by Gasteiger charge is -2.17. The number of hydrogen-bond acceptors (Lipinski definition) is 3. The number of carbonyl (C=O) groups is 1. The van der Waals surface area contributed by atoms with Gasteiger partial charge in [0, 0.05) is 11.1 Å². The van der Waals surface area contributed by atoms with E-state index < -0.39 is 11.6 Å². The molecule has 0 aliphatic carbocycles. The van der Waals surface area contributed by atoms with E-state index in [2.05, 4.69) is 9.99 Å². The van der Waals surface area contributed by atoms with Crippen molar-refractivity contribution >= 4 is 11.7 Å². The van der Waals surface area contributed by atoms with E-state index in [1.54, 1.807) is 54.6 Å². The minimum Gasteiger partial charge on any atom is -0.313 e. The molecule has 2 aromatic carbocycles. The first-order valence-corrected chi connectivity index (χ1v) is 5.82. The Bertz CT molecular complexity index is 640. The predicted molar refractivity (Wildman–Crippen MR) is 68.3 cm³/mol. The standard InChI is InChI=1S/C15H10FNO2/c16-15(12-9-5-2-6-10-12)13(17-19-14(15)18)11-7-3-1-4-8-11/h1-10H. The maximum Gasteiger partial charge on any atom is 0.382 e. The zero-order valence-corrected chi connectivity index (χ0v) is 9.92. The van der Waals surface area contributed by atoms with Crippen molar-refractivity contribution in [2.24, 2.45) is 5.16 Å². The minimum atomic E-state index is -2.34. The molecular formula is C15H10FNO2. The van der Waals surface area contributed by atoms with Crippen molar-refractivity contribution in [2.45, 2.75) is 5.67 Å². The van der Waals surface area contributed by atoms with E-state index in [0.29, 0.717) is 5.56 Å². The van der Waals surface area contributed by atoms with Crippen molar-refractivity contribution in [1.29, 1.82) is 0 Å². The number of halogens is 1. The van der Waals surface area contributed by atoms with Crippen LogP contribution >= 0.6 is 0 Å². The maximum absolute atomic E-state index is 15.2. The number of nitrogens with zero attached hydrogens (tertiary/aromatic N) is 1. The van der Waals surface area contributed by atoms with Crippen molar-refractivity contribution in [1.82, 2.24) is 0 Å². The fourth-order valence-corrected chi connectivity index (χ4v) is 2.08. The van der Waals surface area contributed by atoms with Gasteiger partial charge in [-0.2, -0.15) is 0 Å². The van der Waals surface area contributed by atoms with Crippen LogP contribution < -0.4 is 0 Å². The Morgan fingerprint density at radius 3 is 2.16 bits per heavy atom. The zero-order chi connectivity index (χ0) is 13.3. The lowest BCUT2D eigenvalue weighted by atomic mass is 9.87. The third-order valence-electron chi connectivity index (χ3n) is 3.05. The second-order valence-corrected chi connectivity index (χ2v) is 4.21. The molecule has 0 bridgehead atoms. The Morgan fingerprint density at radius 2 is 1.53 bits per heavy atom. The molecule has 4 heteroatoms. The van der Waals surface area contributed by atoms with Crippen molar-refractivity contribution in [3.05, 3.63) is 71.8 Å². The molecule has 1 atom stereocenters. The fraction of sp³-hybridized carbons (Fsp3) is 0.0667. The third kappa shape index (κ3) is 1.73. The van der Waals surface area contributed by atoms with E-state index in [1.165, 1.54) is 0 Å². The van der Waals surface area contributed by atoms with Gasteiger partial charge in [0.1, 0.15) is 5.71 Å². The Balaban J connectivity index is 2.13. The lowest BCUT2D eigenvalue weighted by molar-refractivity contribution is -0.149. The molecule has 0 N–H and O–H groups in total. The molecule has 3 nitrogen and oxygen atoms in total. The van der Waals surface area contributed by atoms with Gasteiger partial charge in [-0.05, 0) is 0 Å². The molecule has 0 radical (unpaired) electrons. The highest BCUT2D eigenvalue weighted by atomic mass is 19.1. The smallest absolute Gasteiger partial charge is 0.313 e. The van der Waals surface area contributed by atoms with E-state index >= 15 is 4.39 Å². The van der Waals surface area contributed by atoms with E-state index in [1.807, 2.05) is 6.07 Å². The van der Waals surface area contributed by atoms with Crippen LogP contribution in [-0.4, -0.2) is 11.7 Å². The molecule has 0 aromatic heterocycles. The summed E-state index contributed by atoms with van der Waals surface area (Å²) in [5.74, 6) is -1.00. The van der Waals surface area contributed by atoms with Crippen LogP contribution in [0.2, 0.25) is 0 Å². The monoisotopic (exact) mass is 255 g/mol. The predicted octanol–water partition coefficient (Wildman–Crippen LogP) is 2.81. The first-order chi connectivity index (χ1) is 9.23. The molecule has 94 valence electrons. The van der Waals surface area contributed by atoms with Crippen molar-refractivity contribution in [3.8, 4) is 0 Å². The molecule has 1 aliphatic rings. The molecule has 0 spiro atoms. The van der Waals surface area contributed by atoms with E-state index in [0.717, 1.165) is 0 Å². The molecular weight excluding hydrogens is 245 g/mol. The first kappa shape index (κ1) is 11.6. The summed E-state index contributed by atoms with van der Waals surface area (Å²) in [4.78, 5) is 16.3. The summed E-state index contributed by atoms with van der Waals surface area (Å²) in [5.41, 5.74) is -1.60. The van der Waals surface area contributed by atoms with Crippen LogP contribution in [0.15, 0.2) is 65.8 Å². The van der Waals surface area contributed by atoms with Crippen LogP contribution in [0.3, 0.4) is 0 Å². The number of alkyl halides is 1. The van der Waals surface area contributed by atoms with Gasteiger partial charge in [-0.3, -0.25) is 0 Å². The van der Waals surface area contributed by atoms with Crippen LogP contribution in [0.1, 0.15) is 11.1 Å². The molecule has 0 fully saturated rings. The molecule has 0 saturated carbocycles. The highest BCUT2D eigenvalue weighted by molar-refractivity contribution is 6.20. The zero-order valence-electron chi connectivity index (χ0n) is 9.92. The molecule has 1 unspecified atom stereocenters. The number of oxime groups is 1. The molecule has 1 heterocycles. The topological polar surface area (TPSA) is 38.7 Å². The van der Waals surface area contributed by atoms with Gasteiger partial charge in [-0.25, -0.2) is 9.18 Å². The first-order valence-electron chi connectivity index (χ1n) is 5.82. The van der Waals surface area contributed by atoms with Crippen LogP contribution in [0, 0.1) is 0 Å². The van der Waals surface area contributed by atoms with Crippen LogP contribution in [0.4, 0.5) is 4.39 Å². The SMILES string of the molecule is O=C1ON=C(c2ccccc2)C1(F)c1ccccc1. The van der Waals surface area contributed by atoms with E-state index in [-0.39, 0.29) is 11.3 Å². The average Bonchev–Trinajstić information content (AvgIpc) is 2.78. The van der Waals surface area contributed by atoms with Gasteiger partial charge in [0.25, 0.3) is 5.67 Å². The van der Waals surface area contributed by atoms with Gasteiger partial charge in [-0.1, -0.05) is 65.8 Å². The van der Waals surface area contributed by atoms with E-state index in [9.17, 15) is 4.79 Å². The quantitative estimate of drug-likeness (QED) is 0.774. The van der Waals surface area contributed by atoms with Crippen molar-refractivity contribution in [2.75, 3.05) is 0 Å². The summed E-state index contributed by atoms with van der Waals surface area (Å²) in [7, 11) is 0. The number of benzene rings is 2. The second kappa shape index (κ2) is 4.31. The normalized spacial score (nSPS) is 21.9. The Hall–Kier alpha value is -2.49.